The van der Waals surface area contributed by atoms with Gasteiger partial charge < -0.3 is 18.8 Å². The summed E-state index contributed by atoms with van der Waals surface area (Å²) >= 11 is 0. The molecule has 156 valence electrons. The number of benzene rings is 2. The molecule has 1 N–H and O–H groups in total. The minimum Gasteiger partial charge on any atom is -0.493 e. The van der Waals surface area contributed by atoms with Gasteiger partial charge in [0.2, 0.25) is 5.75 Å². The largest absolute Gasteiger partial charge is 0.493 e. The molecule has 0 atom stereocenters. The molecule has 0 radical (unpaired) electrons. The Morgan fingerprint density at radius 3 is 1.97 bits per heavy atom. The van der Waals surface area contributed by atoms with Gasteiger partial charge in [-0.1, -0.05) is 0 Å². The summed E-state index contributed by atoms with van der Waals surface area (Å²) in [5, 5.41) is 4.04. The summed E-state index contributed by atoms with van der Waals surface area (Å²) in [5.74, 6) is 1.22. The van der Waals surface area contributed by atoms with Crippen LogP contribution in [0.4, 0.5) is 0 Å². The fraction of sp³-hybridized carbons (Fsp3) is 0.217. The van der Waals surface area contributed by atoms with Crippen LogP contribution >= 0.6 is 0 Å². The Bertz CT molecular complexity index is 1020. The number of carbonyl (C=O) groups excluding carboxylic acids is 1. The Hall–Kier alpha value is -3.74. The number of aryl methyl sites for hydroxylation is 2. The van der Waals surface area contributed by atoms with Crippen molar-refractivity contribution in [3.05, 3.63) is 71.0 Å². The maximum atomic E-state index is 12.4. The Kier molecular flexibility index (Phi) is 6.41. The molecule has 0 aliphatic carbocycles. The first-order valence-corrected chi connectivity index (χ1v) is 9.37. The van der Waals surface area contributed by atoms with Crippen LogP contribution < -0.4 is 19.6 Å². The minimum atomic E-state index is -0.300. The van der Waals surface area contributed by atoms with E-state index in [4.69, 9.17) is 14.2 Å². The Labute approximate surface area is 175 Å². The third kappa shape index (κ3) is 4.30. The fourth-order valence-corrected chi connectivity index (χ4v) is 3.24. The van der Waals surface area contributed by atoms with E-state index in [9.17, 15) is 4.79 Å². The standard InChI is InChI=1S/C23H25N3O4/c1-15-6-7-16(2)26(15)19-10-8-18(9-11-19)23(27)25-24-14-17-12-20(28-3)22(30-5)21(13-17)29-4/h6-14H,1-5H3,(H,25,27). The van der Waals surface area contributed by atoms with Gasteiger partial charge in [-0.2, -0.15) is 5.10 Å². The summed E-state index contributed by atoms with van der Waals surface area (Å²) < 4.78 is 18.1. The molecule has 7 nitrogen and oxygen atoms in total. The van der Waals surface area contributed by atoms with E-state index in [0.29, 0.717) is 28.4 Å². The third-order valence-corrected chi connectivity index (χ3v) is 4.73. The van der Waals surface area contributed by atoms with Crippen molar-refractivity contribution in [2.45, 2.75) is 13.8 Å². The van der Waals surface area contributed by atoms with Crippen molar-refractivity contribution in [2.24, 2.45) is 5.10 Å². The molecule has 3 aromatic rings. The lowest BCUT2D eigenvalue weighted by Crippen LogP contribution is -2.17. The highest BCUT2D eigenvalue weighted by molar-refractivity contribution is 5.95. The molecule has 2 aromatic carbocycles. The van der Waals surface area contributed by atoms with E-state index in [1.807, 2.05) is 26.0 Å². The number of hydrogen-bond donors (Lipinski definition) is 1. The summed E-state index contributed by atoms with van der Waals surface area (Å²) in [6.45, 7) is 4.09. The van der Waals surface area contributed by atoms with Crippen LogP contribution in [0.2, 0.25) is 0 Å². The molecule has 0 aliphatic rings. The van der Waals surface area contributed by atoms with E-state index in [1.54, 1.807) is 45.6 Å². The van der Waals surface area contributed by atoms with Gasteiger partial charge in [0.15, 0.2) is 11.5 Å². The number of nitrogens with one attached hydrogen (secondary N) is 1. The van der Waals surface area contributed by atoms with Gasteiger partial charge >= 0.3 is 0 Å². The summed E-state index contributed by atoms with van der Waals surface area (Å²) in [6, 6.07) is 15.0. The first-order valence-electron chi connectivity index (χ1n) is 9.37. The Morgan fingerprint density at radius 2 is 1.47 bits per heavy atom. The van der Waals surface area contributed by atoms with Crippen molar-refractivity contribution < 1.29 is 19.0 Å². The second-order valence-corrected chi connectivity index (χ2v) is 6.66. The summed E-state index contributed by atoms with van der Waals surface area (Å²) in [6.07, 6.45) is 1.52. The molecule has 1 heterocycles. The number of amides is 1. The van der Waals surface area contributed by atoms with Gasteiger partial charge in [-0.15, -0.1) is 0 Å². The topological polar surface area (TPSA) is 74.1 Å². The SMILES string of the molecule is COc1cc(C=NNC(=O)c2ccc(-n3c(C)ccc3C)cc2)cc(OC)c1OC. The highest BCUT2D eigenvalue weighted by atomic mass is 16.5. The van der Waals surface area contributed by atoms with Crippen LogP contribution in [-0.4, -0.2) is 38.0 Å². The number of methoxy groups -OCH3 is 3. The number of ether oxygens (including phenoxy) is 3. The van der Waals surface area contributed by atoms with Crippen LogP contribution in [-0.2, 0) is 0 Å². The first-order chi connectivity index (χ1) is 14.5. The van der Waals surface area contributed by atoms with Crippen LogP contribution in [0.3, 0.4) is 0 Å². The summed E-state index contributed by atoms with van der Waals surface area (Å²) in [4.78, 5) is 12.4. The van der Waals surface area contributed by atoms with E-state index in [-0.39, 0.29) is 5.91 Å². The molecule has 0 saturated heterocycles. The minimum absolute atomic E-state index is 0.300. The van der Waals surface area contributed by atoms with Gasteiger partial charge in [-0.3, -0.25) is 4.79 Å². The van der Waals surface area contributed by atoms with Gasteiger partial charge in [-0.05, 0) is 62.4 Å². The van der Waals surface area contributed by atoms with Crippen LogP contribution in [0.1, 0.15) is 27.3 Å². The smallest absolute Gasteiger partial charge is 0.271 e. The molecule has 0 aliphatic heterocycles. The number of aromatic nitrogens is 1. The van der Waals surface area contributed by atoms with E-state index in [0.717, 1.165) is 17.1 Å². The normalized spacial score (nSPS) is 10.8. The maximum Gasteiger partial charge on any atom is 0.271 e. The zero-order valence-corrected chi connectivity index (χ0v) is 17.7. The average Bonchev–Trinajstić information content (AvgIpc) is 3.10. The molecule has 7 heteroatoms. The molecule has 3 rings (SSSR count). The van der Waals surface area contributed by atoms with Crippen LogP contribution in [0.25, 0.3) is 5.69 Å². The molecular formula is C23H25N3O4. The van der Waals surface area contributed by atoms with Crippen LogP contribution in [0, 0.1) is 13.8 Å². The maximum absolute atomic E-state index is 12.4. The third-order valence-electron chi connectivity index (χ3n) is 4.73. The van der Waals surface area contributed by atoms with Gasteiger partial charge in [0.25, 0.3) is 5.91 Å². The zero-order valence-electron chi connectivity index (χ0n) is 17.7. The fourth-order valence-electron chi connectivity index (χ4n) is 3.24. The highest BCUT2D eigenvalue weighted by Gasteiger charge is 2.12. The lowest BCUT2D eigenvalue weighted by molar-refractivity contribution is 0.0955. The molecule has 0 unspecified atom stereocenters. The van der Waals surface area contributed by atoms with Crippen molar-refractivity contribution >= 4 is 12.1 Å². The number of rotatable bonds is 7. The predicted molar refractivity (Wildman–Crippen MR) is 116 cm³/mol. The number of hydrazone groups is 1. The van der Waals surface area contributed by atoms with Crippen LogP contribution in [0.15, 0.2) is 53.6 Å². The number of hydrogen-bond acceptors (Lipinski definition) is 5. The molecule has 0 saturated carbocycles. The van der Waals surface area contributed by atoms with Crippen molar-refractivity contribution in [2.75, 3.05) is 21.3 Å². The lowest BCUT2D eigenvalue weighted by Gasteiger charge is -2.12. The van der Waals surface area contributed by atoms with Crippen molar-refractivity contribution in [3.8, 4) is 22.9 Å². The second kappa shape index (κ2) is 9.17. The lowest BCUT2D eigenvalue weighted by atomic mass is 10.2. The van der Waals surface area contributed by atoms with E-state index in [2.05, 4.69) is 27.2 Å². The second-order valence-electron chi connectivity index (χ2n) is 6.66. The average molecular weight is 407 g/mol. The predicted octanol–water partition coefficient (Wildman–Crippen LogP) is 3.88. The Balaban J connectivity index is 1.72. The summed E-state index contributed by atoms with van der Waals surface area (Å²) in [7, 11) is 4.62. The molecule has 0 spiro atoms. The quantitative estimate of drug-likeness (QED) is 0.476. The Morgan fingerprint density at radius 1 is 0.900 bits per heavy atom. The number of nitrogens with zero attached hydrogens (tertiary/aromatic N) is 2. The zero-order chi connectivity index (χ0) is 21.7. The molecule has 30 heavy (non-hydrogen) atoms. The number of carbonyl (C=O) groups is 1. The summed E-state index contributed by atoms with van der Waals surface area (Å²) in [5.41, 5.74) is 7.03. The molecule has 0 fully saturated rings. The molecule has 1 amide bonds. The van der Waals surface area contributed by atoms with Crippen molar-refractivity contribution in [3.63, 3.8) is 0 Å². The van der Waals surface area contributed by atoms with Crippen molar-refractivity contribution in [1.82, 2.24) is 9.99 Å². The monoisotopic (exact) mass is 407 g/mol. The molecule has 0 bridgehead atoms. The van der Waals surface area contributed by atoms with Gasteiger partial charge in [-0.25, -0.2) is 5.43 Å². The molecule has 1 aromatic heterocycles. The van der Waals surface area contributed by atoms with E-state index < -0.39 is 0 Å². The first kappa shape index (κ1) is 21.0. The van der Waals surface area contributed by atoms with Crippen molar-refractivity contribution in [1.29, 1.82) is 0 Å². The highest BCUT2D eigenvalue weighted by Crippen LogP contribution is 2.37. The van der Waals surface area contributed by atoms with E-state index in [1.165, 1.54) is 6.21 Å². The molecular weight excluding hydrogens is 382 g/mol. The van der Waals surface area contributed by atoms with Gasteiger partial charge in [0.1, 0.15) is 0 Å². The van der Waals surface area contributed by atoms with Gasteiger partial charge in [0.05, 0.1) is 27.5 Å². The van der Waals surface area contributed by atoms with Gasteiger partial charge in [0, 0.05) is 28.2 Å². The van der Waals surface area contributed by atoms with Crippen LogP contribution in [0.5, 0.6) is 17.2 Å². The van der Waals surface area contributed by atoms with E-state index >= 15 is 0 Å².